The molecule has 0 spiro atoms. The van der Waals surface area contributed by atoms with Crippen LogP contribution in [0.4, 0.5) is 10.1 Å². The molecule has 88 valence electrons. The molecule has 0 aliphatic heterocycles. The van der Waals surface area contributed by atoms with Crippen LogP contribution in [0.2, 0.25) is 0 Å². The lowest BCUT2D eigenvalue weighted by Gasteiger charge is -2.12. The zero-order valence-electron chi connectivity index (χ0n) is 9.23. The van der Waals surface area contributed by atoms with E-state index in [0.29, 0.717) is 9.59 Å². The van der Waals surface area contributed by atoms with Gasteiger partial charge in [-0.15, -0.1) is 0 Å². The number of anilines is 1. The van der Waals surface area contributed by atoms with Crippen LogP contribution in [-0.4, -0.2) is 11.7 Å². The van der Waals surface area contributed by atoms with E-state index in [1.807, 2.05) is 6.92 Å². The largest absolute Gasteiger partial charge is 0.362 e. The summed E-state index contributed by atoms with van der Waals surface area (Å²) in [5.41, 5.74) is 1.63. The minimum Gasteiger partial charge on any atom is -0.362 e. The van der Waals surface area contributed by atoms with Gasteiger partial charge in [-0.05, 0) is 59.2 Å². The second-order valence-electron chi connectivity index (χ2n) is 3.46. The number of rotatable bonds is 3. The summed E-state index contributed by atoms with van der Waals surface area (Å²) in [6.45, 7) is 4.73. The van der Waals surface area contributed by atoms with E-state index in [9.17, 15) is 4.39 Å². The van der Waals surface area contributed by atoms with E-state index < -0.39 is 0 Å². The molecule has 0 atom stereocenters. The van der Waals surface area contributed by atoms with Crippen molar-refractivity contribution in [3.8, 4) is 0 Å². The first-order valence-corrected chi connectivity index (χ1v) is 6.25. The zero-order chi connectivity index (χ0) is 12.1. The highest BCUT2D eigenvalue weighted by Crippen LogP contribution is 2.24. The Hall–Kier alpha value is -0.680. The topological polar surface area (TPSA) is 24.1 Å². The summed E-state index contributed by atoms with van der Waals surface area (Å²) in [6, 6.07) is 3.15. The highest BCUT2D eigenvalue weighted by atomic mass is 79.9. The third-order valence-electron chi connectivity index (χ3n) is 2.05. The van der Waals surface area contributed by atoms with Crippen molar-refractivity contribution in [1.82, 2.24) is 5.32 Å². The van der Waals surface area contributed by atoms with Crippen LogP contribution in [0.15, 0.2) is 16.6 Å². The van der Waals surface area contributed by atoms with Crippen molar-refractivity contribution in [2.75, 3.05) is 11.9 Å². The normalized spacial score (nSPS) is 10.0. The van der Waals surface area contributed by atoms with Crippen molar-refractivity contribution >= 4 is 38.9 Å². The third kappa shape index (κ3) is 3.72. The molecule has 0 heterocycles. The van der Waals surface area contributed by atoms with E-state index in [1.54, 1.807) is 6.07 Å². The van der Waals surface area contributed by atoms with Gasteiger partial charge in [0.15, 0.2) is 5.11 Å². The third-order valence-corrected chi connectivity index (χ3v) is 2.91. The first-order chi connectivity index (χ1) is 7.54. The fourth-order valence-corrected chi connectivity index (χ4v) is 1.74. The van der Waals surface area contributed by atoms with E-state index in [-0.39, 0.29) is 5.82 Å². The van der Waals surface area contributed by atoms with Crippen molar-refractivity contribution in [2.45, 2.75) is 20.3 Å². The molecule has 0 saturated carbocycles. The molecule has 1 aromatic rings. The Balaban J connectivity index is 2.73. The van der Waals surface area contributed by atoms with Crippen LogP contribution in [0.25, 0.3) is 0 Å². The van der Waals surface area contributed by atoms with E-state index in [4.69, 9.17) is 12.2 Å². The summed E-state index contributed by atoms with van der Waals surface area (Å²) >= 11 is 8.25. The standard InChI is InChI=1S/C11H14BrFN2S/c1-3-4-14-11(16)15-10-6-8(12)9(13)5-7(10)2/h5-6H,3-4H2,1-2H3,(H2,14,15,16). The summed E-state index contributed by atoms with van der Waals surface area (Å²) < 4.78 is 13.6. The second kappa shape index (κ2) is 6.15. The fourth-order valence-electron chi connectivity index (χ4n) is 1.19. The Kier molecular flexibility index (Phi) is 5.15. The van der Waals surface area contributed by atoms with Gasteiger partial charge in [0.05, 0.1) is 4.47 Å². The molecule has 0 aliphatic carbocycles. The summed E-state index contributed by atoms with van der Waals surface area (Å²) in [6.07, 6.45) is 1.01. The van der Waals surface area contributed by atoms with E-state index in [2.05, 4.69) is 33.5 Å². The fraction of sp³-hybridized carbons (Fsp3) is 0.364. The van der Waals surface area contributed by atoms with Gasteiger partial charge in [0.25, 0.3) is 0 Å². The van der Waals surface area contributed by atoms with Crippen molar-refractivity contribution in [3.63, 3.8) is 0 Å². The monoisotopic (exact) mass is 304 g/mol. The summed E-state index contributed by atoms with van der Waals surface area (Å²) in [7, 11) is 0. The van der Waals surface area contributed by atoms with Gasteiger partial charge in [-0.25, -0.2) is 4.39 Å². The van der Waals surface area contributed by atoms with Crippen molar-refractivity contribution in [1.29, 1.82) is 0 Å². The first-order valence-electron chi connectivity index (χ1n) is 5.05. The summed E-state index contributed by atoms with van der Waals surface area (Å²) in [5.74, 6) is -0.268. The van der Waals surface area contributed by atoms with Crippen LogP contribution < -0.4 is 10.6 Å². The van der Waals surface area contributed by atoms with Crippen LogP contribution in [0.5, 0.6) is 0 Å². The number of nitrogens with one attached hydrogen (secondary N) is 2. The zero-order valence-corrected chi connectivity index (χ0v) is 11.6. The average molecular weight is 305 g/mol. The molecule has 0 radical (unpaired) electrons. The smallest absolute Gasteiger partial charge is 0.170 e. The van der Waals surface area contributed by atoms with Crippen molar-refractivity contribution in [2.24, 2.45) is 0 Å². The number of hydrogen-bond donors (Lipinski definition) is 2. The molecule has 16 heavy (non-hydrogen) atoms. The molecule has 0 saturated heterocycles. The number of aryl methyl sites for hydroxylation is 1. The molecule has 0 unspecified atom stereocenters. The SMILES string of the molecule is CCCNC(=S)Nc1cc(Br)c(F)cc1C. The maximum Gasteiger partial charge on any atom is 0.170 e. The lowest BCUT2D eigenvalue weighted by atomic mass is 10.2. The van der Waals surface area contributed by atoms with Gasteiger partial charge in [0, 0.05) is 12.2 Å². The molecule has 1 aromatic carbocycles. The van der Waals surface area contributed by atoms with Gasteiger partial charge in [0.2, 0.25) is 0 Å². The van der Waals surface area contributed by atoms with Gasteiger partial charge in [-0.1, -0.05) is 6.92 Å². The van der Waals surface area contributed by atoms with Crippen LogP contribution in [0.3, 0.4) is 0 Å². The highest BCUT2D eigenvalue weighted by molar-refractivity contribution is 9.10. The Morgan fingerprint density at radius 1 is 1.50 bits per heavy atom. The number of halogens is 2. The molecule has 0 aromatic heterocycles. The molecular weight excluding hydrogens is 291 g/mol. The number of benzene rings is 1. The van der Waals surface area contributed by atoms with Gasteiger partial charge >= 0.3 is 0 Å². The molecule has 1 rings (SSSR count). The van der Waals surface area contributed by atoms with Gasteiger partial charge in [-0.2, -0.15) is 0 Å². The Morgan fingerprint density at radius 3 is 2.81 bits per heavy atom. The van der Waals surface area contributed by atoms with Crippen molar-refractivity contribution < 1.29 is 4.39 Å². The minimum atomic E-state index is -0.268. The maximum atomic E-state index is 13.2. The van der Waals surface area contributed by atoms with Crippen molar-refractivity contribution in [3.05, 3.63) is 28.0 Å². The second-order valence-corrected chi connectivity index (χ2v) is 4.72. The van der Waals surface area contributed by atoms with Gasteiger partial charge in [-0.3, -0.25) is 0 Å². The summed E-state index contributed by atoms with van der Waals surface area (Å²) in [4.78, 5) is 0. The highest BCUT2D eigenvalue weighted by Gasteiger charge is 2.06. The maximum absolute atomic E-state index is 13.2. The average Bonchev–Trinajstić information content (AvgIpc) is 2.23. The Morgan fingerprint density at radius 2 is 2.19 bits per heavy atom. The first kappa shape index (κ1) is 13.4. The molecule has 0 bridgehead atoms. The van der Waals surface area contributed by atoms with E-state index in [0.717, 1.165) is 24.2 Å². The van der Waals surface area contributed by atoms with Crippen LogP contribution >= 0.6 is 28.1 Å². The van der Waals surface area contributed by atoms with Crippen LogP contribution in [-0.2, 0) is 0 Å². The molecule has 2 nitrogen and oxygen atoms in total. The van der Waals surface area contributed by atoms with Gasteiger partial charge in [0.1, 0.15) is 5.82 Å². The quantitative estimate of drug-likeness (QED) is 0.835. The lowest BCUT2D eigenvalue weighted by Crippen LogP contribution is -2.29. The minimum absolute atomic E-state index is 0.268. The lowest BCUT2D eigenvalue weighted by molar-refractivity contribution is 0.620. The van der Waals surface area contributed by atoms with E-state index in [1.165, 1.54) is 6.07 Å². The molecule has 5 heteroatoms. The van der Waals surface area contributed by atoms with E-state index >= 15 is 0 Å². The number of hydrogen-bond acceptors (Lipinski definition) is 1. The molecule has 0 fully saturated rings. The predicted molar refractivity (Wildman–Crippen MR) is 73.4 cm³/mol. The molecule has 0 aliphatic rings. The predicted octanol–water partition coefficient (Wildman–Crippen LogP) is 3.59. The Labute approximate surface area is 109 Å². The summed E-state index contributed by atoms with van der Waals surface area (Å²) in [5, 5.41) is 6.65. The van der Waals surface area contributed by atoms with Crippen LogP contribution in [0.1, 0.15) is 18.9 Å². The molecular formula is C11H14BrFN2S. The molecule has 0 amide bonds. The molecule has 2 N–H and O–H groups in total. The van der Waals surface area contributed by atoms with Gasteiger partial charge < -0.3 is 10.6 Å². The number of thiocarbonyl (C=S) groups is 1. The Bertz CT molecular complexity index is 396. The van der Waals surface area contributed by atoms with Crippen LogP contribution in [0, 0.1) is 12.7 Å².